The fraction of sp³-hybridized carbons (Fsp3) is 0.318. The minimum absolute atomic E-state index is 0.0691. The quantitative estimate of drug-likeness (QED) is 0.563. The van der Waals surface area contributed by atoms with Crippen LogP contribution < -0.4 is 0 Å². The van der Waals surface area contributed by atoms with E-state index in [2.05, 4.69) is 10.3 Å². The summed E-state index contributed by atoms with van der Waals surface area (Å²) in [4.78, 5) is 14.7. The lowest BCUT2D eigenvalue weighted by molar-refractivity contribution is -0.138. The Kier molecular flexibility index (Phi) is 6.00. The molecule has 1 aliphatic heterocycles. The maximum atomic E-state index is 13.2. The fourth-order valence-electron chi connectivity index (χ4n) is 3.91. The van der Waals surface area contributed by atoms with Crippen LogP contribution in [-0.2, 0) is 12.7 Å². The number of alkyl halides is 3. The number of nitrogens with zero attached hydrogens (tertiary/aromatic N) is 4. The van der Waals surface area contributed by atoms with Crippen molar-refractivity contribution in [3.63, 3.8) is 0 Å². The van der Waals surface area contributed by atoms with Crippen molar-refractivity contribution in [1.82, 2.24) is 19.9 Å². The van der Waals surface area contributed by atoms with Gasteiger partial charge in [-0.1, -0.05) is 47.1 Å². The van der Waals surface area contributed by atoms with Crippen LogP contribution in [0.2, 0.25) is 5.02 Å². The number of halogens is 4. The summed E-state index contributed by atoms with van der Waals surface area (Å²) in [5, 5.41) is 8.45. The third kappa shape index (κ3) is 4.90. The normalized spacial score (nSPS) is 17.0. The molecule has 31 heavy (non-hydrogen) atoms. The van der Waals surface area contributed by atoms with Gasteiger partial charge in [-0.25, -0.2) is 4.68 Å². The van der Waals surface area contributed by atoms with Crippen LogP contribution in [-0.4, -0.2) is 38.9 Å². The summed E-state index contributed by atoms with van der Waals surface area (Å²) in [6.07, 6.45) is -1.24. The Morgan fingerprint density at radius 1 is 1.13 bits per heavy atom. The molecule has 1 aromatic heterocycles. The van der Waals surface area contributed by atoms with E-state index in [1.807, 2.05) is 24.3 Å². The molecule has 2 aromatic carbocycles. The number of hydrogen-bond donors (Lipinski definition) is 0. The lowest BCUT2D eigenvalue weighted by Crippen LogP contribution is -2.39. The first-order chi connectivity index (χ1) is 14.8. The second-order valence-electron chi connectivity index (χ2n) is 7.60. The molecule has 1 unspecified atom stereocenters. The predicted octanol–water partition coefficient (Wildman–Crippen LogP) is 5.02. The number of likely N-dealkylation sites (tertiary alicyclic amines) is 1. The average molecular weight is 449 g/mol. The van der Waals surface area contributed by atoms with Gasteiger partial charge in [0.1, 0.15) is 0 Å². The Morgan fingerprint density at radius 2 is 1.87 bits per heavy atom. The molecule has 1 saturated heterocycles. The van der Waals surface area contributed by atoms with Crippen molar-refractivity contribution < 1.29 is 18.0 Å². The Labute approximate surface area is 182 Å². The maximum absolute atomic E-state index is 13.2. The van der Waals surface area contributed by atoms with Crippen molar-refractivity contribution in [3.05, 3.63) is 82.1 Å². The van der Waals surface area contributed by atoms with Gasteiger partial charge in [-0.15, -0.1) is 5.10 Å². The second-order valence-corrected chi connectivity index (χ2v) is 8.03. The molecule has 0 aliphatic carbocycles. The van der Waals surface area contributed by atoms with Crippen LogP contribution in [0.5, 0.6) is 0 Å². The van der Waals surface area contributed by atoms with Gasteiger partial charge in [0.25, 0.3) is 5.91 Å². The topological polar surface area (TPSA) is 51.0 Å². The van der Waals surface area contributed by atoms with Gasteiger partial charge in [-0.2, -0.15) is 13.2 Å². The zero-order chi connectivity index (χ0) is 22.0. The first-order valence-electron chi connectivity index (χ1n) is 9.91. The summed E-state index contributed by atoms with van der Waals surface area (Å²) >= 11 is 5.96. The average Bonchev–Trinajstić information content (AvgIpc) is 3.22. The molecule has 9 heteroatoms. The van der Waals surface area contributed by atoms with E-state index in [0.717, 1.165) is 24.5 Å². The van der Waals surface area contributed by atoms with E-state index in [1.54, 1.807) is 4.90 Å². The Bertz CT molecular complexity index is 1070. The van der Waals surface area contributed by atoms with E-state index >= 15 is 0 Å². The molecule has 2 heterocycles. The third-order valence-electron chi connectivity index (χ3n) is 5.46. The highest BCUT2D eigenvalue weighted by Crippen LogP contribution is 2.32. The summed E-state index contributed by atoms with van der Waals surface area (Å²) in [5.41, 5.74) is 0.593. The highest BCUT2D eigenvalue weighted by molar-refractivity contribution is 6.30. The summed E-state index contributed by atoms with van der Waals surface area (Å²) in [6.45, 7) is 1.03. The van der Waals surface area contributed by atoms with Gasteiger partial charge in [-0.05, 0) is 42.2 Å². The molecule has 4 rings (SSSR count). The maximum Gasteiger partial charge on any atom is 0.416 e. The van der Waals surface area contributed by atoms with Crippen LogP contribution in [0.3, 0.4) is 0 Å². The van der Waals surface area contributed by atoms with Gasteiger partial charge < -0.3 is 4.90 Å². The van der Waals surface area contributed by atoms with Crippen molar-refractivity contribution >= 4 is 17.5 Å². The minimum Gasteiger partial charge on any atom is -0.337 e. The number of amides is 1. The molecule has 1 aliphatic rings. The van der Waals surface area contributed by atoms with Crippen LogP contribution in [0.4, 0.5) is 13.2 Å². The third-order valence-corrected chi connectivity index (χ3v) is 5.71. The summed E-state index contributed by atoms with van der Waals surface area (Å²) in [5.74, 6) is -0.0716. The number of carbonyl (C=O) groups is 1. The number of aromatic nitrogens is 3. The predicted molar refractivity (Wildman–Crippen MR) is 110 cm³/mol. The van der Waals surface area contributed by atoms with Gasteiger partial charge in [-0.3, -0.25) is 4.79 Å². The molecular formula is C22H20ClF3N4O. The van der Waals surface area contributed by atoms with Gasteiger partial charge in [0.15, 0.2) is 5.69 Å². The Hall–Kier alpha value is -2.87. The minimum atomic E-state index is -4.46. The fourth-order valence-corrected chi connectivity index (χ4v) is 4.04. The molecule has 1 fully saturated rings. The largest absolute Gasteiger partial charge is 0.416 e. The van der Waals surface area contributed by atoms with E-state index in [0.29, 0.717) is 18.1 Å². The molecule has 0 saturated carbocycles. The number of rotatable bonds is 4. The molecule has 0 N–H and O–H groups in total. The van der Waals surface area contributed by atoms with Crippen molar-refractivity contribution in [3.8, 4) is 0 Å². The van der Waals surface area contributed by atoms with Gasteiger partial charge in [0, 0.05) is 24.0 Å². The molecule has 1 atom stereocenters. The second kappa shape index (κ2) is 8.70. The summed E-state index contributed by atoms with van der Waals surface area (Å²) < 4.78 is 40.9. The van der Waals surface area contributed by atoms with Gasteiger partial charge in [0.05, 0.1) is 18.3 Å². The summed E-state index contributed by atoms with van der Waals surface area (Å²) in [6, 6.07) is 12.9. The lowest BCUT2D eigenvalue weighted by Gasteiger charge is -2.32. The SMILES string of the molecule is O=C(c1cn(Cc2ccccc2C(F)(F)F)nn1)N1CCCC(c2ccc(Cl)cc2)C1. The first kappa shape index (κ1) is 21.4. The van der Waals surface area contributed by atoms with Crippen molar-refractivity contribution in [2.24, 2.45) is 0 Å². The molecule has 1 amide bonds. The van der Waals surface area contributed by atoms with E-state index in [9.17, 15) is 18.0 Å². The van der Waals surface area contributed by atoms with E-state index in [-0.39, 0.29) is 29.6 Å². The smallest absolute Gasteiger partial charge is 0.337 e. The molecule has 0 radical (unpaired) electrons. The molecule has 0 spiro atoms. The van der Waals surface area contributed by atoms with Crippen molar-refractivity contribution in [2.45, 2.75) is 31.5 Å². The standard InChI is InChI=1S/C22H20ClF3N4O/c23-18-9-7-15(8-10-18)16-5-3-11-29(12-16)21(31)20-14-30(28-27-20)13-17-4-1-2-6-19(17)22(24,25)26/h1-2,4,6-10,14,16H,3,5,11-13H2. The first-order valence-corrected chi connectivity index (χ1v) is 10.3. The number of piperidine rings is 1. The van der Waals surface area contributed by atoms with E-state index in [4.69, 9.17) is 11.6 Å². The zero-order valence-electron chi connectivity index (χ0n) is 16.5. The Morgan fingerprint density at radius 3 is 2.61 bits per heavy atom. The van der Waals surface area contributed by atoms with E-state index < -0.39 is 11.7 Å². The molecular weight excluding hydrogens is 429 g/mol. The highest BCUT2D eigenvalue weighted by atomic mass is 35.5. The number of benzene rings is 2. The van der Waals surface area contributed by atoms with Gasteiger partial charge in [0.2, 0.25) is 0 Å². The summed E-state index contributed by atoms with van der Waals surface area (Å²) in [7, 11) is 0. The molecule has 3 aromatic rings. The molecule has 0 bridgehead atoms. The highest BCUT2D eigenvalue weighted by Gasteiger charge is 2.33. The number of hydrogen-bond acceptors (Lipinski definition) is 3. The zero-order valence-corrected chi connectivity index (χ0v) is 17.3. The van der Waals surface area contributed by atoms with Crippen LogP contribution in [0.25, 0.3) is 0 Å². The Balaban J connectivity index is 1.47. The number of carbonyl (C=O) groups excluding carboxylic acids is 1. The van der Waals surface area contributed by atoms with E-state index in [1.165, 1.54) is 29.1 Å². The van der Waals surface area contributed by atoms with Crippen molar-refractivity contribution in [2.75, 3.05) is 13.1 Å². The van der Waals surface area contributed by atoms with Crippen molar-refractivity contribution in [1.29, 1.82) is 0 Å². The van der Waals surface area contributed by atoms with Crippen LogP contribution in [0.1, 0.15) is 45.9 Å². The van der Waals surface area contributed by atoms with Crippen LogP contribution in [0.15, 0.2) is 54.7 Å². The molecule has 162 valence electrons. The monoisotopic (exact) mass is 448 g/mol. The lowest BCUT2D eigenvalue weighted by atomic mass is 9.90. The van der Waals surface area contributed by atoms with Gasteiger partial charge >= 0.3 is 6.18 Å². The van der Waals surface area contributed by atoms with Crippen LogP contribution >= 0.6 is 11.6 Å². The molecule has 5 nitrogen and oxygen atoms in total. The van der Waals surface area contributed by atoms with Crippen LogP contribution in [0, 0.1) is 0 Å².